The average Bonchev–Trinajstić information content (AvgIpc) is 2.32. The fourth-order valence-corrected chi connectivity index (χ4v) is 2.62. The largest absolute Gasteiger partial charge is 0.375 e. The summed E-state index contributed by atoms with van der Waals surface area (Å²) in [4.78, 5) is 14.8. The predicted molar refractivity (Wildman–Crippen MR) is 88.0 cm³/mol. The molecule has 1 rings (SSSR count). The van der Waals surface area contributed by atoms with Crippen molar-refractivity contribution in [3.8, 4) is 0 Å². The Balaban J connectivity index is 3.38. The lowest BCUT2D eigenvalue weighted by Crippen LogP contribution is -2.44. The average molecular weight is 314 g/mol. The minimum atomic E-state index is -0.175. The number of carbonyl (C=O) groups excluding carboxylic acids is 1. The Kier molecular flexibility index (Phi) is 6.11. The second-order valence-corrected chi connectivity index (χ2v) is 5.95. The summed E-state index contributed by atoms with van der Waals surface area (Å²) < 4.78 is 4.98. The zero-order valence-corrected chi connectivity index (χ0v) is 14.1. The first-order valence-electron chi connectivity index (χ1n) is 6.37. The molecule has 0 heterocycles. The second-order valence-electron chi connectivity index (χ2n) is 4.87. The Hall–Kier alpha value is -0.970. The summed E-state index contributed by atoms with van der Waals surface area (Å²) in [7, 11) is 1.51. The molecule has 1 atom stereocenters. The van der Waals surface area contributed by atoms with Crippen LogP contribution in [0.5, 0.6) is 0 Å². The maximum atomic E-state index is 12.4. The molecule has 0 saturated heterocycles. The first-order valence-corrected chi connectivity index (χ1v) is 7.16. The van der Waals surface area contributed by atoms with E-state index in [0.717, 1.165) is 21.7 Å². The number of halogens is 1. The van der Waals surface area contributed by atoms with Gasteiger partial charge in [0.1, 0.15) is 6.61 Å². The molecule has 0 aliphatic rings. The topological polar surface area (TPSA) is 29.5 Å². The summed E-state index contributed by atoms with van der Waals surface area (Å²) in [6, 6.07) is 3.52. The van der Waals surface area contributed by atoms with Crippen LogP contribution in [0.25, 0.3) is 0 Å². The van der Waals surface area contributed by atoms with Gasteiger partial charge in [0, 0.05) is 17.0 Å². The molecule has 1 aromatic carbocycles. The van der Waals surface area contributed by atoms with Gasteiger partial charge in [0.25, 0.3) is 5.91 Å². The molecule has 1 amide bonds. The van der Waals surface area contributed by atoms with Gasteiger partial charge >= 0.3 is 0 Å². The number of ether oxygens (including phenoxy) is 1. The molecule has 3 nitrogen and oxygen atoms in total. The molecule has 1 unspecified atom stereocenters. The maximum absolute atomic E-state index is 12.4. The Morgan fingerprint density at radius 3 is 2.30 bits per heavy atom. The van der Waals surface area contributed by atoms with Crippen molar-refractivity contribution in [2.45, 2.75) is 33.7 Å². The number of hydrogen-bond donors (Lipinski definition) is 0. The number of amides is 1. The summed E-state index contributed by atoms with van der Waals surface area (Å²) in [5.41, 5.74) is 2.75. The van der Waals surface area contributed by atoms with Crippen molar-refractivity contribution in [1.29, 1.82) is 0 Å². The van der Waals surface area contributed by atoms with E-state index in [1.165, 1.54) is 7.11 Å². The maximum Gasteiger partial charge on any atom is 0.253 e. The van der Waals surface area contributed by atoms with Crippen LogP contribution in [-0.4, -0.2) is 30.5 Å². The number of rotatable bonds is 5. The van der Waals surface area contributed by atoms with E-state index in [2.05, 4.69) is 0 Å². The van der Waals surface area contributed by atoms with Crippen LogP contribution in [0.3, 0.4) is 0 Å². The van der Waals surface area contributed by atoms with Gasteiger partial charge in [0.15, 0.2) is 0 Å². The van der Waals surface area contributed by atoms with Gasteiger partial charge in [0.05, 0.1) is 11.7 Å². The SMILES string of the molecule is COCC(=O)N(c1c(C)cc(Cl)cc1C)C(C)C(C)=S. The van der Waals surface area contributed by atoms with Crippen LogP contribution in [0.1, 0.15) is 25.0 Å². The fourth-order valence-electron chi connectivity index (χ4n) is 2.19. The number of aryl methyl sites for hydroxylation is 2. The molecule has 0 radical (unpaired) electrons. The van der Waals surface area contributed by atoms with Crippen LogP contribution in [0.15, 0.2) is 12.1 Å². The molecule has 0 N–H and O–H groups in total. The summed E-state index contributed by atoms with van der Waals surface area (Å²) in [6.07, 6.45) is 0. The molecule has 0 aliphatic carbocycles. The molecular weight excluding hydrogens is 294 g/mol. The molecular formula is C15H20ClNO2S. The predicted octanol–water partition coefficient (Wildman–Crippen LogP) is 3.71. The van der Waals surface area contributed by atoms with E-state index in [1.54, 1.807) is 4.90 Å². The van der Waals surface area contributed by atoms with E-state index in [4.69, 9.17) is 28.6 Å². The molecule has 0 saturated carbocycles. The van der Waals surface area contributed by atoms with Crippen LogP contribution in [-0.2, 0) is 9.53 Å². The van der Waals surface area contributed by atoms with Crippen LogP contribution in [0, 0.1) is 13.8 Å². The third-order valence-corrected chi connectivity index (χ3v) is 3.77. The molecule has 20 heavy (non-hydrogen) atoms. The number of nitrogens with zero attached hydrogens (tertiary/aromatic N) is 1. The van der Waals surface area contributed by atoms with Crippen molar-refractivity contribution >= 4 is 40.3 Å². The lowest BCUT2D eigenvalue weighted by atomic mass is 10.0. The molecule has 0 aliphatic heterocycles. The quantitative estimate of drug-likeness (QED) is 0.776. The van der Waals surface area contributed by atoms with Crippen molar-refractivity contribution in [2.24, 2.45) is 0 Å². The van der Waals surface area contributed by atoms with Gasteiger partial charge in [-0.05, 0) is 51.0 Å². The van der Waals surface area contributed by atoms with Gasteiger partial charge in [-0.15, -0.1) is 0 Å². The van der Waals surface area contributed by atoms with Crippen LogP contribution in [0.4, 0.5) is 5.69 Å². The molecule has 110 valence electrons. The van der Waals surface area contributed by atoms with E-state index in [0.29, 0.717) is 5.02 Å². The summed E-state index contributed by atoms with van der Waals surface area (Å²) >= 11 is 11.3. The minimum absolute atomic E-state index is 0.0223. The standard InChI is InChI=1S/C15H20ClNO2S/c1-9-6-13(16)7-10(2)15(9)17(11(3)12(4)20)14(18)8-19-5/h6-7,11H,8H2,1-5H3. The number of carbonyl (C=O) groups is 1. The zero-order chi connectivity index (χ0) is 15.4. The van der Waals surface area contributed by atoms with Crippen molar-refractivity contribution < 1.29 is 9.53 Å². The van der Waals surface area contributed by atoms with Crippen molar-refractivity contribution in [3.63, 3.8) is 0 Å². The lowest BCUT2D eigenvalue weighted by Gasteiger charge is -2.31. The zero-order valence-electron chi connectivity index (χ0n) is 12.5. The van der Waals surface area contributed by atoms with Crippen molar-refractivity contribution in [2.75, 3.05) is 18.6 Å². The summed E-state index contributed by atoms with van der Waals surface area (Å²) in [6.45, 7) is 7.66. The smallest absolute Gasteiger partial charge is 0.253 e. The van der Waals surface area contributed by atoms with Crippen LogP contribution < -0.4 is 4.90 Å². The van der Waals surface area contributed by atoms with Crippen LogP contribution >= 0.6 is 23.8 Å². The van der Waals surface area contributed by atoms with E-state index >= 15 is 0 Å². The highest BCUT2D eigenvalue weighted by molar-refractivity contribution is 7.80. The highest BCUT2D eigenvalue weighted by Crippen LogP contribution is 2.30. The van der Waals surface area contributed by atoms with Gasteiger partial charge < -0.3 is 9.64 Å². The third-order valence-electron chi connectivity index (χ3n) is 3.21. The first-order chi connectivity index (χ1) is 9.29. The normalized spacial score (nSPS) is 12.1. The monoisotopic (exact) mass is 313 g/mol. The molecule has 0 bridgehead atoms. The number of thiocarbonyl (C=S) groups is 1. The number of hydrogen-bond acceptors (Lipinski definition) is 3. The van der Waals surface area contributed by atoms with Crippen LogP contribution in [0.2, 0.25) is 5.02 Å². The van der Waals surface area contributed by atoms with E-state index in [-0.39, 0.29) is 18.6 Å². The van der Waals surface area contributed by atoms with E-state index in [1.807, 2.05) is 39.8 Å². The van der Waals surface area contributed by atoms with Gasteiger partial charge in [-0.25, -0.2) is 0 Å². The van der Waals surface area contributed by atoms with Gasteiger partial charge in [-0.1, -0.05) is 23.8 Å². The Morgan fingerprint density at radius 2 is 1.90 bits per heavy atom. The number of anilines is 1. The highest BCUT2D eigenvalue weighted by atomic mass is 35.5. The summed E-state index contributed by atoms with van der Waals surface area (Å²) in [5.74, 6) is -0.113. The van der Waals surface area contributed by atoms with Gasteiger partial charge in [-0.2, -0.15) is 0 Å². The highest BCUT2D eigenvalue weighted by Gasteiger charge is 2.26. The third kappa shape index (κ3) is 3.78. The minimum Gasteiger partial charge on any atom is -0.375 e. The van der Waals surface area contributed by atoms with E-state index < -0.39 is 0 Å². The Bertz CT molecular complexity index is 508. The van der Waals surface area contributed by atoms with E-state index in [9.17, 15) is 4.79 Å². The Labute approximate surface area is 130 Å². The van der Waals surface area contributed by atoms with Crippen molar-refractivity contribution in [3.05, 3.63) is 28.3 Å². The fraction of sp³-hybridized carbons (Fsp3) is 0.467. The second kappa shape index (κ2) is 7.16. The number of benzene rings is 1. The van der Waals surface area contributed by atoms with Gasteiger partial charge in [-0.3, -0.25) is 4.79 Å². The van der Waals surface area contributed by atoms with Gasteiger partial charge in [0.2, 0.25) is 0 Å². The molecule has 5 heteroatoms. The number of methoxy groups -OCH3 is 1. The molecule has 0 aromatic heterocycles. The Morgan fingerprint density at radius 1 is 1.40 bits per heavy atom. The summed E-state index contributed by atoms with van der Waals surface area (Å²) in [5, 5.41) is 0.662. The molecule has 0 spiro atoms. The molecule has 0 fully saturated rings. The van der Waals surface area contributed by atoms with Crippen molar-refractivity contribution in [1.82, 2.24) is 0 Å². The lowest BCUT2D eigenvalue weighted by molar-refractivity contribution is -0.122. The first kappa shape index (κ1) is 17.1. The molecule has 1 aromatic rings.